The Morgan fingerprint density at radius 2 is 2.29 bits per heavy atom. The van der Waals surface area contributed by atoms with Crippen molar-refractivity contribution in [3.8, 4) is 0 Å². The van der Waals surface area contributed by atoms with E-state index in [0.717, 1.165) is 18.5 Å². The van der Waals surface area contributed by atoms with Gasteiger partial charge in [0.15, 0.2) is 0 Å². The second-order valence-corrected chi connectivity index (χ2v) is 4.90. The van der Waals surface area contributed by atoms with Crippen molar-refractivity contribution in [1.82, 2.24) is 5.32 Å². The van der Waals surface area contributed by atoms with E-state index in [4.69, 9.17) is 0 Å². The van der Waals surface area contributed by atoms with Crippen LogP contribution in [0.4, 0.5) is 10.1 Å². The lowest BCUT2D eigenvalue weighted by Gasteiger charge is -2.22. The lowest BCUT2D eigenvalue weighted by molar-refractivity contribution is -0.123. The number of anilines is 1. The van der Waals surface area contributed by atoms with Crippen molar-refractivity contribution in [2.24, 2.45) is 5.41 Å². The summed E-state index contributed by atoms with van der Waals surface area (Å²) in [5.74, 6) is -0.286. The minimum Gasteiger partial charge on any atom is -0.325 e. The molecule has 1 aromatic carbocycles. The number of hydrogen-bond donors (Lipinski definition) is 2. The van der Waals surface area contributed by atoms with Gasteiger partial charge in [0, 0.05) is 12.2 Å². The highest BCUT2D eigenvalue weighted by Gasteiger charge is 2.36. The van der Waals surface area contributed by atoms with E-state index in [-0.39, 0.29) is 17.1 Å². The molecule has 2 rings (SSSR count). The molecule has 1 aromatic rings. The summed E-state index contributed by atoms with van der Waals surface area (Å²) >= 11 is 0. The van der Waals surface area contributed by atoms with Gasteiger partial charge < -0.3 is 10.6 Å². The minimum absolute atomic E-state index is 0.00259. The monoisotopic (exact) mass is 236 g/mol. The number of carbonyl (C=O) groups excluding carboxylic acids is 1. The maximum atomic E-state index is 12.9. The van der Waals surface area contributed by atoms with Crippen LogP contribution in [0, 0.1) is 18.2 Å². The molecule has 1 fully saturated rings. The fourth-order valence-electron chi connectivity index (χ4n) is 2.05. The van der Waals surface area contributed by atoms with Gasteiger partial charge in [-0.1, -0.05) is 0 Å². The second-order valence-electron chi connectivity index (χ2n) is 4.90. The van der Waals surface area contributed by atoms with Crippen LogP contribution in [0.1, 0.15) is 18.9 Å². The molecule has 0 saturated carbocycles. The minimum atomic E-state index is -0.360. The van der Waals surface area contributed by atoms with Crippen molar-refractivity contribution in [3.05, 3.63) is 29.6 Å². The Bertz CT molecular complexity index is 439. The van der Waals surface area contributed by atoms with Gasteiger partial charge in [0.05, 0.1) is 5.41 Å². The van der Waals surface area contributed by atoms with Crippen LogP contribution in [0.3, 0.4) is 0 Å². The number of aryl methyl sites for hydroxylation is 1. The molecule has 1 atom stereocenters. The lowest BCUT2D eigenvalue weighted by atomic mass is 9.88. The van der Waals surface area contributed by atoms with Crippen LogP contribution < -0.4 is 10.6 Å². The summed E-state index contributed by atoms with van der Waals surface area (Å²) in [6, 6.07) is 4.39. The predicted octanol–water partition coefficient (Wildman–Crippen LogP) is 2.07. The summed E-state index contributed by atoms with van der Waals surface area (Å²) in [5, 5.41) is 6.06. The van der Waals surface area contributed by atoms with Crippen LogP contribution in [-0.4, -0.2) is 19.0 Å². The van der Waals surface area contributed by atoms with Crippen molar-refractivity contribution in [3.63, 3.8) is 0 Å². The first-order valence-electron chi connectivity index (χ1n) is 5.80. The van der Waals surface area contributed by atoms with Crippen molar-refractivity contribution < 1.29 is 9.18 Å². The third-order valence-corrected chi connectivity index (χ3v) is 3.35. The van der Waals surface area contributed by atoms with Crippen LogP contribution in [-0.2, 0) is 4.79 Å². The normalized spacial score (nSPS) is 23.7. The van der Waals surface area contributed by atoms with Gasteiger partial charge in [0.25, 0.3) is 0 Å². The Hall–Kier alpha value is -1.42. The molecule has 1 aliphatic rings. The molecule has 1 saturated heterocycles. The third-order valence-electron chi connectivity index (χ3n) is 3.35. The number of carbonyl (C=O) groups is 1. The molecule has 0 aliphatic carbocycles. The molecule has 1 aliphatic heterocycles. The average Bonchev–Trinajstić information content (AvgIpc) is 2.71. The third kappa shape index (κ3) is 2.47. The molecule has 1 heterocycles. The molecule has 0 aromatic heterocycles. The molecule has 2 N–H and O–H groups in total. The van der Waals surface area contributed by atoms with E-state index in [9.17, 15) is 9.18 Å². The second kappa shape index (κ2) is 4.45. The number of nitrogens with one attached hydrogen (secondary N) is 2. The maximum Gasteiger partial charge on any atom is 0.231 e. The van der Waals surface area contributed by atoms with Crippen LogP contribution in [0.5, 0.6) is 0 Å². The van der Waals surface area contributed by atoms with Crippen molar-refractivity contribution >= 4 is 11.6 Å². The van der Waals surface area contributed by atoms with Gasteiger partial charge in [-0.05, 0) is 50.6 Å². The first-order valence-corrected chi connectivity index (χ1v) is 5.80. The summed E-state index contributed by atoms with van der Waals surface area (Å²) in [7, 11) is 0. The lowest BCUT2D eigenvalue weighted by Crippen LogP contribution is -2.35. The van der Waals surface area contributed by atoms with Gasteiger partial charge >= 0.3 is 0 Å². The SMILES string of the molecule is Cc1cc(F)ccc1NC(=O)C1(C)CCNC1. The summed E-state index contributed by atoms with van der Waals surface area (Å²) in [6.45, 7) is 5.29. The van der Waals surface area contributed by atoms with E-state index in [2.05, 4.69) is 10.6 Å². The van der Waals surface area contributed by atoms with Crippen LogP contribution in [0.25, 0.3) is 0 Å². The Labute approximate surface area is 100 Å². The van der Waals surface area contributed by atoms with Crippen molar-refractivity contribution in [1.29, 1.82) is 0 Å². The van der Waals surface area contributed by atoms with E-state index in [1.165, 1.54) is 12.1 Å². The Morgan fingerprint density at radius 1 is 1.53 bits per heavy atom. The van der Waals surface area contributed by atoms with Crippen LogP contribution in [0.15, 0.2) is 18.2 Å². The highest BCUT2D eigenvalue weighted by atomic mass is 19.1. The molecule has 0 bridgehead atoms. The van der Waals surface area contributed by atoms with E-state index in [1.807, 2.05) is 6.92 Å². The van der Waals surface area contributed by atoms with E-state index in [1.54, 1.807) is 13.0 Å². The highest BCUT2D eigenvalue weighted by molar-refractivity contribution is 5.96. The van der Waals surface area contributed by atoms with E-state index < -0.39 is 0 Å². The van der Waals surface area contributed by atoms with Gasteiger partial charge in [-0.3, -0.25) is 4.79 Å². The topological polar surface area (TPSA) is 41.1 Å². The molecular weight excluding hydrogens is 219 g/mol. The standard InChI is InChI=1S/C13H17FN2O/c1-9-7-10(14)3-4-11(9)16-12(17)13(2)5-6-15-8-13/h3-4,7,15H,5-6,8H2,1-2H3,(H,16,17). The number of halogens is 1. The molecule has 0 spiro atoms. The number of amides is 1. The van der Waals surface area contributed by atoms with Crippen molar-refractivity contribution in [2.75, 3.05) is 18.4 Å². The zero-order valence-corrected chi connectivity index (χ0v) is 10.1. The fourth-order valence-corrected chi connectivity index (χ4v) is 2.05. The van der Waals surface area contributed by atoms with E-state index in [0.29, 0.717) is 12.2 Å². The molecule has 92 valence electrons. The van der Waals surface area contributed by atoms with Gasteiger partial charge in [-0.15, -0.1) is 0 Å². The predicted molar refractivity (Wildman–Crippen MR) is 65.4 cm³/mol. The first kappa shape index (κ1) is 12.0. The molecule has 1 amide bonds. The number of rotatable bonds is 2. The zero-order valence-electron chi connectivity index (χ0n) is 10.1. The quantitative estimate of drug-likeness (QED) is 0.825. The Kier molecular flexibility index (Phi) is 3.15. The fraction of sp³-hybridized carbons (Fsp3) is 0.462. The Morgan fingerprint density at radius 3 is 2.88 bits per heavy atom. The summed E-state index contributed by atoms with van der Waals surface area (Å²) < 4.78 is 12.9. The first-order chi connectivity index (χ1) is 8.01. The van der Waals surface area contributed by atoms with Crippen LogP contribution >= 0.6 is 0 Å². The molecular formula is C13H17FN2O. The van der Waals surface area contributed by atoms with Gasteiger partial charge in [-0.25, -0.2) is 4.39 Å². The average molecular weight is 236 g/mol. The molecule has 17 heavy (non-hydrogen) atoms. The molecule has 3 nitrogen and oxygen atoms in total. The Balaban J connectivity index is 2.13. The molecule has 1 unspecified atom stereocenters. The largest absolute Gasteiger partial charge is 0.325 e. The molecule has 0 radical (unpaired) electrons. The van der Waals surface area contributed by atoms with Crippen LogP contribution in [0.2, 0.25) is 0 Å². The van der Waals surface area contributed by atoms with Crippen molar-refractivity contribution in [2.45, 2.75) is 20.3 Å². The molecule has 4 heteroatoms. The highest BCUT2D eigenvalue weighted by Crippen LogP contribution is 2.27. The van der Waals surface area contributed by atoms with Gasteiger partial charge in [-0.2, -0.15) is 0 Å². The summed E-state index contributed by atoms with van der Waals surface area (Å²) in [6.07, 6.45) is 0.832. The summed E-state index contributed by atoms with van der Waals surface area (Å²) in [4.78, 5) is 12.1. The number of benzene rings is 1. The smallest absolute Gasteiger partial charge is 0.231 e. The zero-order chi connectivity index (χ0) is 12.5. The van der Waals surface area contributed by atoms with Gasteiger partial charge in [0.2, 0.25) is 5.91 Å². The van der Waals surface area contributed by atoms with Gasteiger partial charge in [0.1, 0.15) is 5.82 Å². The summed E-state index contributed by atoms with van der Waals surface area (Å²) in [5.41, 5.74) is 1.07. The number of hydrogen-bond acceptors (Lipinski definition) is 2. The maximum absolute atomic E-state index is 12.9. The van der Waals surface area contributed by atoms with E-state index >= 15 is 0 Å².